The van der Waals surface area contributed by atoms with E-state index in [0.29, 0.717) is 12.0 Å². The molecule has 0 amide bonds. The van der Waals surface area contributed by atoms with Gasteiger partial charge in [0.05, 0.1) is 0 Å². The van der Waals surface area contributed by atoms with Gasteiger partial charge in [0, 0.05) is 6.04 Å². The van der Waals surface area contributed by atoms with Gasteiger partial charge in [-0.15, -0.1) is 0 Å². The lowest BCUT2D eigenvalue weighted by Gasteiger charge is -2.33. The highest BCUT2D eigenvalue weighted by molar-refractivity contribution is 5.77. The van der Waals surface area contributed by atoms with Crippen LogP contribution >= 0.6 is 0 Å². The van der Waals surface area contributed by atoms with Crippen molar-refractivity contribution in [1.82, 2.24) is 5.32 Å². The highest BCUT2D eigenvalue weighted by Crippen LogP contribution is 2.27. The van der Waals surface area contributed by atoms with E-state index < -0.39 is 11.5 Å². The standard InChI is InChI=1S/C12H23NO2/c1-9(10-7-5-4-6-8-10)13-12(2,3)11(14)15/h9-10,13H,4-8H2,1-3H3,(H,14,15). The van der Waals surface area contributed by atoms with E-state index in [1.807, 2.05) is 0 Å². The molecule has 1 saturated carbocycles. The Hall–Kier alpha value is -0.570. The lowest BCUT2D eigenvalue weighted by Crippen LogP contribution is -2.53. The molecule has 1 aliphatic rings. The Morgan fingerprint density at radius 1 is 1.33 bits per heavy atom. The Labute approximate surface area is 92.3 Å². The molecule has 1 rings (SSSR count). The highest BCUT2D eigenvalue weighted by Gasteiger charge is 2.31. The predicted octanol–water partition coefficient (Wildman–Crippen LogP) is 2.41. The van der Waals surface area contributed by atoms with Gasteiger partial charge < -0.3 is 5.11 Å². The Morgan fingerprint density at radius 3 is 2.33 bits per heavy atom. The molecule has 15 heavy (non-hydrogen) atoms. The summed E-state index contributed by atoms with van der Waals surface area (Å²) < 4.78 is 0. The number of carboxylic acids is 1. The molecule has 0 aliphatic heterocycles. The molecule has 0 aromatic rings. The molecule has 0 radical (unpaired) electrons. The zero-order valence-electron chi connectivity index (χ0n) is 10.0. The Kier molecular flexibility index (Phi) is 4.14. The van der Waals surface area contributed by atoms with Crippen LogP contribution < -0.4 is 5.32 Å². The molecule has 3 heteroatoms. The van der Waals surface area contributed by atoms with E-state index in [0.717, 1.165) is 0 Å². The first-order chi connectivity index (χ1) is 6.93. The summed E-state index contributed by atoms with van der Waals surface area (Å²) in [6.45, 7) is 5.57. The second-order valence-electron chi connectivity index (χ2n) is 5.26. The van der Waals surface area contributed by atoms with Gasteiger partial charge in [0.15, 0.2) is 0 Å². The first-order valence-electron chi connectivity index (χ1n) is 5.94. The number of rotatable bonds is 4. The summed E-state index contributed by atoms with van der Waals surface area (Å²) in [7, 11) is 0. The normalized spacial score (nSPS) is 21.3. The summed E-state index contributed by atoms with van der Waals surface area (Å²) in [6, 6.07) is 0.302. The lowest BCUT2D eigenvalue weighted by atomic mass is 9.83. The van der Waals surface area contributed by atoms with Crippen molar-refractivity contribution in [3.05, 3.63) is 0 Å². The minimum Gasteiger partial charge on any atom is -0.480 e. The van der Waals surface area contributed by atoms with E-state index in [9.17, 15) is 4.79 Å². The third kappa shape index (κ3) is 3.49. The molecule has 1 atom stereocenters. The zero-order chi connectivity index (χ0) is 11.5. The van der Waals surface area contributed by atoms with Gasteiger partial charge in [0.1, 0.15) is 5.54 Å². The first kappa shape index (κ1) is 12.5. The molecule has 1 fully saturated rings. The van der Waals surface area contributed by atoms with Gasteiger partial charge in [0.25, 0.3) is 0 Å². The number of aliphatic carboxylic acids is 1. The molecule has 0 spiro atoms. The predicted molar refractivity (Wildman–Crippen MR) is 60.9 cm³/mol. The van der Waals surface area contributed by atoms with E-state index in [-0.39, 0.29) is 0 Å². The van der Waals surface area contributed by atoms with Crippen LogP contribution in [0.15, 0.2) is 0 Å². The fourth-order valence-electron chi connectivity index (χ4n) is 2.38. The van der Waals surface area contributed by atoms with Crippen molar-refractivity contribution in [2.45, 2.75) is 64.5 Å². The highest BCUT2D eigenvalue weighted by atomic mass is 16.4. The van der Waals surface area contributed by atoms with Crippen LogP contribution in [-0.4, -0.2) is 22.7 Å². The van der Waals surface area contributed by atoms with Crippen molar-refractivity contribution in [3.8, 4) is 0 Å². The first-order valence-corrected chi connectivity index (χ1v) is 5.94. The van der Waals surface area contributed by atoms with Crippen LogP contribution in [0.25, 0.3) is 0 Å². The summed E-state index contributed by atoms with van der Waals surface area (Å²) in [6.07, 6.45) is 6.41. The quantitative estimate of drug-likeness (QED) is 0.754. The van der Waals surface area contributed by atoms with E-state index in [1.165, 1.54) is 32.1 Å². The van der Waals surface area contributed by atoms with Gasteiger partial charge in [-0.2, -0.15) is 0 Å². The number of nitrogens with one attached hydrogen (secondary N) is 1. The number of carboxylic acid groups (broad SMARTS) is 1. The molecule has 3 nitrogen and oxygen atoms in total. The van der Waals surface area contributed by atoms with Crippen LogP contribution in [0.1, 0.15) is 52.9 Å². The number of carbonyl (C=O) groups is 1. The van der Waals surface area contributed by atoms with Crippen LogP contribution in [0.3, 0.4) is 0 Å². The summed E-state index contributed by atoms with van der Waals surface area (Å²) in [5.41, 5.74) is -0.809. The maximum atomic E-state index is 11.0. The van der Waals surface area contributed by atoms with Crippen molar-refractivity contribution < 1.29 is 9.90 Å². The average Bonchev–Trinajstić information content (AvgIpc) is 2.18. The van der Waals surface area contributed by atoms with Gasteiger partial charge in [-0.1, -0.05) is 19.3 Å². The van der Waals surface area contributed by atoms with Gasteiger partial charge in [-0.05, 0) is 39.5 Å². The lowest BCUT2D eigenvalue weighted by molar-refractivity contribution is -0.143. The minimum absolute atomic E-state index is 0.302. The average molecular weight is 213 g/mol. The summed E-state index contributed by atoms with van der Waals surface area (Å²) in [4.78, 5) is 11.0. The fraction of sp³-hybridized carbons (Fsp3) is 0.917. The molecule has 0 aromatic heterocycles. The van der Waals surface area contributed by atoms with Crippen molar-refractivity contribution in [2.24, 2.45) is 5.92 Å². The second-order valence-corrected chi connectivity index (χ2v) is 5.26. The van der Waals surface area contributed by atoms with E-state index in [4.69, 9.17) is 5.11 Å². The van der Waals surface area contributed by atoms with Crippen molar-refractivity contribution >= 4 is 5.97 Å². The molecule has 1 aliphatic carbocycles. The van der Waals surface area contributed by atoms with E-state index in [1.54, 1.807) is 13.8 Å². The SMILES string of the molecule is CC(NC(C)(C)C(=O)O)C1CCCCC1. The Bertz CT molecular complexity index is 220. The molecule has 0 heterocycles. The Morgan fingerprint density at radius 2 is 1.87 bits per heavy atom. The van der Waals surface area contributed by atoms with Gasteiger partial charge in [-0.3, -0.25) is 10.1 Å². The van der Waals surface area contributed by atoms with Crippen LogP contribution in [0.2, 0.25) is 0 Å². The zero-order valence-corrected chi connectivity index (χ0v) is 10.0. The molecular weight excluding hydrogens is 190 g/mol. The van der Waals surface area contributed by atoms with Crippen molar-refractivity contribution in [1.29, 1.82) is 0 Å². The van der Waals surface area contributed by atoms with Gasteiger partial charge >= 0.3 is 5.97 Å². The molecule has 1 unspecified atom stereocenters. The second kappa shape index (κ2) is 4.97. The third-order valence-corrected chi connectivity index (χ3v) is 3.48. The van der Waals surface area contributed by atoms with Crippen LogP contribution in [0, 0.1) is 5.92 Å². The largest absolute Gasteiger partial charge is 0.480 e. The summed E-state index contributed by atoms with van der Waals surface area (Å²) >= 11 is 0. The Balaban J connectivity index is 2.46. The summed E-state index contributed by atoms with van der Waals surface area (Å²) in [5.74, 6) is -0.123. The molecule has 88 valence electrons. The van der Waals surface area contributed by atoms with Crippen LogP contribution in [-0.2, 0) is 4.79 Å². The van der Waals surface area contributed by atoms with Gasteiger partial charge in [-0.25, -0.2) is 0 Å². The van der Waals surface area contributed by atoms with Crippen LogP contribution in [0.4, 0.5) is 0 Å². The minimum atomic E-state index is -0.809. The molecular formula is C12H23NO2. The van der Waals surface area contributed by atoms with Gasteiger partial charge in [0.2, 0.25) is 0 Å². The topological polar surface area (TPSA) is 49.3 Å². The van der Waals surface area contributed by atoms with E-state index in [2.05, 4.69) is 12.2 Å². The monoisotopic (exact) mass is 213 g/mol. The maximum absolute atomic E-state index is 11.0. The molecule has 0 bridgehead atoms. The molecule has 0 aromatic carbocycles. The third-order valence-electron chi connectivity index (χ3n) is 3.48. The fourth-order valence-corrected chi connectivity index (χ4v) is 2.38. The van der Waals surface area contributed by atoms with E-state index >= 15 is 0 Å². The number of hydrogen-bond donors (Lipinski definition) is 2. The summed E-state index contributed by atoms with van der Waals surface area (Å²) in [5, 5.41) is 12.3. The van der Waals surface area contributed by atoms with Crippen molar-refractivity contribution in [2.75, 3.05) is 0 Å². The smallest absolute Gasteiger partial charge is 0.323 e. The van der Waals surface area contributed by atoms with Crippen molar-refractivity contribution in [3.63, 3.8) is 0 Å². The maximum Gasteiger partial charge on any atom is 0.323 e. The molecule has 2 N–H and O–H groups in total. The number of hydrogen-bond acceptors (Lipinski definition) is 2. The molecule has 0 saturated heterocycles. The van der Waals surface area contributed by atoms with Crippen LogP contribution in [0.5, 0.6) is 0 Å².